The number of hydrogen-bond acceptors (Lipinski definition) is 3. The molecule has 3 heteroatoms. The van der Waals surface area contributed by atoms with Gasteiger partial charge in [-0.25, -0.2) is 0 Å². The number of hydrogen-bond donors (Lipinski definition) is 2. The molecule has 0 heterocycles. The molecule has 1 rings (SSSR count). The van der Waals surface area contributed by atoms with E-state index in [1.54, 1.807) is 0 Å². The average molecular weight is 257 g/mol. The average Bonchev–Trinajstić information content (AvgIpc) is 2.31. The highest BCUT2D eigenvalue weighted by molar-refractivity contribution is 4.74. The molecule has 3 unspecified atom stereocenters. The zero-order valence-corrected chi connectivity index (χ0v) is 12.3. The SMILES string of the molecule is CC(C)COCC(O)CNCC1CCCCC1C. The monoisotopic (exact) mass is 257 g/mol. The lowest BCUT2D eigenvalue weighted by atomic mass is 9.80. The molecule has 1 fully saturated rings. The van der Waals surface area contributed by atoms with Gasteiger partial charge >= 0.3 is 0 Å². The summed E-state index contributed by atoms with van der Waals surface area (Å²) in [7, 11) is 0. The fourth-order valence-corrected chi connectivity index (χ4v) is 2.63. The molecule has 2 N–H and O–H groups in total. The van der Waals surface area contributed by atoms with Gasteiger partial charge in [0, 0.05) is 13.2 Å². The Balaban J connectivity index is 2.02. The molecule has 0 aromatic rings. The molecule has 18 heavy (non-hydrogen) atoms. The Bertz CT molecular complexity index is 209. The van der Waals surface area contributed by atoms with E-state index in [9.17, 15) is 5.11 Å². The van der Waals surface area contributed by atoms with Gasteiger partial charge in [0.2, 0.25) is 0 Å². The second kappa shape index (κ2) is 8.89. The van der Waals surface area contributed by atoms with Gasteiger partial charge in [-0.2, -0.15) is 0 Å². The van der Waals surface area contributed by atoms with E-state index in [0.29, 0.717) is 19.1 Å². The molecular formula is C15H31NO2. The van der Waals surface area contributed by atoms with E-state index in [0.717, 1.165) is 25.0 Å². The minimum atomic E-state index is -0.373. The summed E-state index contributed by atoms with van der Waals surface area (Å²) in [6.45, 7) is 9.48. The highest BCUT2D eigenvalue weighted by atomic mass is 16.5. The molecular weight excluding hydrogens is 226 g/mol. The number of nitrogens with one attached hydrogen (secondary N) is 1. The lowest BCUT2D eigenvalue weighted by molar-refractivity contribution is 0.0253. The van der Waals surface area contributed by atoms with E-state index in [4.69, 9.17) is 4.74 Å². The van der Waals surface area contributed by atoms with Crippen molar-refractivity contribution in [2.75, 3.05) is 26.3 Å². The van der Waals surface area contributed by atoms with Crippen molar-refractivity contribution in [3.63, 3.8) is 0 Å². The Morgan fingerprint density at radius 3 is 2.61 bits per heavy atom. The second-order valence-corrected chi connectivity index (χ2v) is 6.27. The van der Waals surface area contributed by atoms with Crippen LogP contribution in [0.25, 0.3) is 0 Å². The first kappa shape index (κ1) is 15.9. The van der Waals surface area contributed by atoms with Crippen molar-refractivity contribution in [1.82, 2.24) is 5.32 Å². The van der Waals surface area contributed by atoms with Gasteiger partial charge in [-0.3, -0.25) is 0 Å². The van der Waals surface area contributed by atoms with Crippen LogP contribution in [0.3, 0.4) is 0 Å². The van der Waals surface area contributed by atoms with Crippen molar-refractivity contribution >= 4 is 0 Å². The van der Waals surface area contributed by atoms with Crippen LogP contribution in [0.4, 0.5) is 0 Å². The number of ether oxygens (including phenoxy) is 1. The zero-order chi connectivity index (χ0) is 13.4. The third-order valence-electron chi connectivity index (χ3n) is 3.84. The summed E-state index contributed by atoms with van der Waals surface area (Å²) in [5.74, 6) is 2.16. The van der Waals surface area contributed by atoms with E-state index in [1.807, 2.05) is 0 Å². The van der Waals surface area contributed by atoms with Crippen molar-refractivity contribution in [3.8, 4) is 0 Å². The Labute approximate surface area is 112 Å². The Kier molecular flexibility index (Phi) is 7.87. The maximum atomic E-state index is 9.77. The van der Waals surface area contributed by atoms with Crippen LogP contribution in [-0.2, 0) is 4.74 Å². The van der Waals surface area contributed by atoms with E-state index in [2.05, 4.69) is 26.1 Å². The standard InChI is InChI=1S/C15H31NO2/c1-12(2)10-18-11-15(17)9-16-8-14-7-5-4-6-13(14)3/h12-17H,4-11H2,1-3H3. The van der Waals surface area contributed by atoms with Gasteiger partial charge in [0.1, 0.15) is 0 Å². The van der Waals surface area contributed by atoms with Gasteiger partial charge in [0.15, 0.2) is 0 Å². The van der Waals surface area contributed by atoms with Crippen molar-refractivity contribution in [1.29, 1.82) is 0 Å². The Hall–Kier alpha value is -0.120. The van der Waals surface area contributed by atoms with Gasteiger partial charge in [-0.05, 0) is 30.7 Å². The van der Waals surface area contributed by atoms with E-state index >= 15 is 0 Å². The van der Waals surface area contributed by atoms with Crippen molar-refractivity contribution in [2.24, 2.45) is 17.8 Å². The van der Waals surface area contributed by atoms with Crippen LogP contribution in [-0.4, -0.2) is 37.5 Å². The summed E-state index contributed by atoms with van der Waals surface area (Å²) in [5, 5.41) is 13.2. The fraction of sp³-hybridized carbons (Fsp3) is 1.00. The first-order valence-electron chi connectivity index (χ1n) is 7.56. The molecule has 0 amide bonds. The molecule has 0 aliphatic heterocycles. The predicted molar refractivity (Wildman–Crippen MR) is 75.7 cm³/mol. The normalized spacial score (nSPS) is 26.5. The van der Waals surface area contributed by atoms with Crippen LogP contribution in [0.5, 0.6) is 0 Å². The van der Waals surface area contributed by atoms with Crippen LogP contribution in [0.1, 0.15) is 46.5 Å². The molecule has 0 aromatic carbocycles. The van der Waals surface area contributed by atoms with Crippen molar-refractivity contribution in [3.05, 3.63) is 0 Å². The second-order valence-electron chi connectivity index (χ2n) is 6.27. The Morgan fingerprint density at radius 1 is 1.22 bits per heavy atom. The van der Waals surface area contributed by atoms with Crippen LogP contribution >= 0.6 is 0 Å². The van der Waals surface area contributed by atoms with E-state index in [-0.39, 0.29) is 6.10 Å². The number of aliphatic hydroxyl groups is 1. The minimum absolute atomic E-state index is 0.373. The quantitative estimate of drug-likeness (QED) is 0.702. The topological polar surface area (TPSA) is 41.5 Å². The van der Waals surface area contributed by atoms with E-state index < -0.39 is 0 Å². The largest absolute Gasteiger partial charge is 0.389 e. The third kappa shape index (κ3) is 6.72. The third-order valence-corrected chi connectivity index (χ3v) is 3.84. The fourth-order valence-electron chi connectivity index (χ4n) is 2.63. The molecule has 0 bridgehead atoms. The van der Waals surface area contributed by atoms with Gasteiger partial charge in [0.05, 0.1) is 12.7 Å². The first-order chi connectivity index (χ1) is 8.59. The molecule has 1 aliphatic carbocycles. The summed E-state index contributed by atoms with van der Waals surface area (Å²) in [6.07, 6.45) is 5.10. The molecule has 1 aliphatic rings. The van der Waals surface area contributed by atoms with Crippen molar-refractivity contribution in [2.45, 2.75) is 52.6 Å². The van der Waals surface area contributed by atoms with Crippen LogP contribution < -0.4 is 5.32 Å². The van der Waals surface area contributed by atoms with Crippen LogP contribution in [0, 0.1) is 17.8 Å². The smallest absolute Gasteiger partial charge is 0.0897 e. The van der Waals surface area contributed by atoms with Crippen LogP contribution in [0.2, 0.25) is 0 Å². The maximum Gasteiger partial charge on any atom is 0.0897 e. The zero-order valence-electron chi connectivity index (χ0n) is 12.3. The van der Waals surface area contributed by atoms with Gasteiger partial charge in [-0.1, -0.05) is 40.0 Å². The number of aliphatic hydroxyl groups excluding tert-OH is 1. The maximum absolute atomic E-state index is 9.77. The summed E-state index contributed by atoms with van der Waals surface area (Å²) in [6, 6.07) is 0. The summed E-state index contributed by atoms with van der Waals surface area (Å²) >= 11 is 0. The summed E-state index contributed by atoms with van der Waals surface area (Å²) in [5.41, 5.74) is 0. The van der Waals surface area contributed by atoms with Crippen LogP contribution in [0.15, 0.2) is 0 Å². The molecule has 3 atom stereocenters. The summed E-state index contributed by atoms with van der Waals surface area (Å²) < 4.78 is 5.43. The van der Waals surface area contributed by atoms with Crippen molar-refractivity contribution < 1.29 is 9.84 Å². The van der Waals surface area contributed by atoms with E-state index in [1.165, 1.54) is 25.7 Å². The molecule has 1 saturated carbocycles. The highest BCUT2D eigenvalue weighted by Gasteiger charge is 2.20. The highest BCUT2D eigenvalue weighted by Crippen LogP contribution is 2.28. The number of rotatable bonds is 8. The molecule has 0 spiro atoms. The first-order valence-corrected chi connectivity index (χ1v) is 7.56. The minimum Gasteiger partial charge on any atom is -0.389 e. The lowest BCUT2D eigenvalue weighted by Gasteiger charge is -2.29. The molecule has 0 saturated heterocycles. The Morgan fingerprint density at radius 2 is 1.94 bits per heavy atom. The molecule has 0 radical (unpaired) electrons. The van der Waals surface area contributed by atoms with Gasteiger partial charge < -0.3 is 15.2 Å². The molecule has 3 nitrogen and oxygen atoms in total. The molecule has 0 aromatic heterocycles. The van der Waals surface area contributed by atoms with Gasteiger partial charge in [-0.15, -0.1) is 0 Å². The lowest BCUT2D eigenvalue weighted by Crippen LogP contribution is -2.36. The predicted octanol–water partition coefficient (Wildman–Crippen LogP) is 2.44. The molecule has 108 valence electrons. The van der Waals surface area contributed by atoms with Gasteiger partial charge in [0.25, 0.3) is 0 Å². The summed E-state index contributed by atoms with van der Waals surface area (Å²) in [4.78, 5) is 0.